The van der Waals surface area contributed by atoms with Crippen LogP contribution in [-0.2, 0) is 11.3 Å². The number of carbonyl (C=O) groups excluding carboxylic acids is 1. The molecule has 1 amide bonds. The summed E-state index contributed by atoms with van der Waals surface area (Å²) in [6.45, 7) is 3.82. The van der Waals surface area contributed by atoms with Gasteiger partial charge in [-0.25, -0.2) is 9.48 Å². The van der Waals surface area contributed by atoms with E-state index in [1.165, 1.54) is 21.8 Å². The molecule has 0 saturated heterocycles. The zero-order valence-electron chi connectivity index (χ0n) is 16.0. The van der Waals surface area contributed by atoms with Crippen molar-refractivity contribution in [3.05, 3.63) is 82.3 Å². The Kier molecular flexibility index (Phi) is 5.18. The van der Waals surface area contributed by atoms with Crippen LogP contribution in [0.25, 0.3) is 5.65 Å². The third-order valence-electron chi connectivity index (χ3n) is 4.29. The van der Waals surface area contributed by atoms with E-state index in [9.17, 15) is 9.59 Å². The zero-order chi connectivity index (χ0) is 20.4. The number of nitrogens with zero attached hydrogens (tertiary/aromatic N) is 4. The number of aromatic nitrogens is 4. The van der Waals surface area contributed by atoms with Crippen LogP contribution < -0.4 is 11.0 Å². The first kappa shape index (κ1) is 18.9. The Labute approximate surface area is 171 Å². The third kappa shape index (κ3) is 4.38. The monoisotopic (exact) mass is 405 g/mol. The Hall–Kier alpha value is -3.39. The molecular weight excluding hydrogens is 386 g/mol. The molecule has 0 atom stereocenters. The molecule has 0 unspecified atom stereocenters. The molecule has 0 aliphatic heterocycles. The molecule has 1 N–H and O–H groups in total. The Bertz CT molecular complexity index is 1230. The third-order valence-corrected chi connectivity index (χ3v) is 5.22. The number of fused-ring (bicyclic) bond motifs is 1. The lowest BCUT2D eigenvalue weighted by atomic mass is 10.2. The zero-order valence-corrected chi connectivity index (χ0v) is 16.8. The summed E-state index contributed by atoms with van der Waals surface area (Å²) in [5.74, 6) is -0.325. The number of hydrogen-bond donors (Lipinski definition) is 1. The van der Waals surface area contributed by atoms with Crippen molar-refractivity contribution in [2.45, 2.75) is 30.3 Å². The van der Waals surface area contributed by atoms with Crippen molar-refractivity contribution in [1.82, 2.24) is 19.4 Å². The highest BCUT2D eigenvalue weighted by Gasteiger charge is 2.13. The highest BCUT2D eigenvalue weighted by Crippen LogP contribution is 2.25. The molecule has 2 aromatic carbocycles. The largest absolute Gasteiger partial charge is 0.367 e. The summed E-state index contributed by atoms with van der Waals surface area (Å²) in [6, 6.07) is 19.0. The van der Waals surface area contributed by atoms with Crippen LogP contribution in [0.5, 0.6) is 0 Å². The maximum atomic E-state index is 12.6. The smallest absolute Gasteiger partial charge is 0.324 e. The highest BCUT2D eigenvalue weighted by atomic mass is 32.2. The second-order valence-electron chi connectivity index (χ2n) is 6.71. The summed E-state index contributed by atoms with van der Waals surface area (Å²) >= 11 is 1.46. The molecule has 4 aromatic rings. The molecule has 0 bridgehead atoms. The van der Waals surface area contributed by atoms with E-state index in [2.05, 4.69) is 15.5 Å². The van der Waals surface area contributed by atoms with Crippen LogP contribution >= 0.6 is 11.8 Å². The molecule has 0 radical (unpaired) electrons. The minimum atomic E-state index is -0.453. The number of rotatable bonds is 5. The maximum Gasteiger partial charge on any atom is 0.367 e. The van der Waals surface area contributed by atoms with Gasteiger partial charge in [-0.05, 0) is 50.2 Å². The Balaban J connectivity index is 1.52. The van der Waals surface area contributed by atoms with E-state index in [-0.39, 0.29) is 12.5 Å². The van der Waals surface area contributed by atoms with Gasteiger partial charge in [-0.3, -0.25) is 4.79 Å². The fourth-order valence-corrected chi connectivity index (χ4v) is 3.52. The van der Waals surface area contributed by atoms with Crippen molar-refractivity contribution < 1.29 is 4.79 Å². The molecule has 7 nitrogen and oxygen atoms in total. The Morgan fingerprint density at radius 1 is 0.931 bits per heavy atom. The molecule has 146 valence electrons. The van der Waals surface area contributed by atoms with Gasteiger partial charge in [0.1, 0.15) is 11.6 Å². The second kappa shape index (κ2) is 7.92. The number of aryl methyl sites for hydroxylation is 2. The van der Waals surface area contributed by atoms with E-state index in [1.54, 1.807) is 6.07 Å². The van der Waals surface area contributed by atoms with Crippen LogP contribution in [-0.4, -0.2) is 25.3 Å². The van der Waals surface area contributed by atoms with Gasteiger partial charge >= 0.3 is 5.69 Å². The highest BCUT2D eigenvalue weighted by molar-refractivity contribution is 7.99. The number of hydrogen-bond acceptors (Lipinski definition) is 5. The first-order chi connectivity index (χ1) is 14.0. The van der Waals surface area contributed by atoms with Gasteiger partial charge in [0, 0.05) is 10.6 Å². The molecule has 2 heterocycles. The van der Waals surface area contributed by atoms with Gasteiger partial charge in [0.25, 0.3) is 0 Å². The van der Waals surface area contributed by atoms with Crippen LogP contribution in [0.15, 0.2) is 75.4 Å². The summed E-state index contributed by atoms with van der Waals surface area (Å²) in [7, 11) is 0. The topological polar surface area (TPSA) is 81.3 Å². The fraction of sp³-hybridized carbons (Fsp3) is 0.143. The van der Waals surface area contributed by atoms with E-state index < -0.39 is 5.69 Å². The number of amides is 1. The quantitative estimate of drug-likeness (QED) is 0.551. The van der Waals surface area contributed by atoms with Gasteiger partial charge in [-0.1, -0.05) is 47.2 Å². The molecule has 0 saturated carbocycles. The predicted octanol–water partition coefficient (Wildman–Crippen LogP) is 3.30. The summed E-state index contributed by atoms with van der Waals surface area (Å²) in [5, 5.41) is 12.0. The molecule has 0 fully saturated rings. The second-order valence-corrected chi connectivity index (χ2v) is 7.80. The minimum absolute atomic E-state index is 0.184. The van der Waals surface area contributed by atoms with E-state index in [0.29, 0.717) is 16.4 Å². The molecule has 0 aliphatic rings. The van der Waals surface area contributed by atoms with E-state index in [0.717, 1.165) is 15.1 Å². The Morgan fingerprint density at radius 3 is 2.28 bits per heavy atom. The van der Waals surface area contributed by atoms with E-state index in [1.807, 2.05) is 68.4 Å². The number of nitrogens with one attached hydrogen (secondary N) is 1. The van der Waals surface area contributed by atoms with Crippen LogP contribution in [0.1, 0.15) is 11.1 Å². The molecule has 0 aliphatic carbocycles. The lowest BCUT2D eigenvalue weighted by molar-refractivity contribution is -0.117. The van der Waals surface area contributed by atoms with E-state index >= 15 is 0 Å². The SMILES string of the molecule is Cc1ccc(NC(=O)Cn2nc3ccc(Sc4ccc(C)cc4)nn3c2=O)cc1. The number of carbonyl (C=O) groups is 1. The first-order valence-corrected chi connectivity index (χ1v) is 9.87. The van der Waals surface area contributed by atoms with Crippen LogP contribution in [0.2, 0.25) is 0 Å². The van der Waals surface area contributed by atoms with E-state index in [4.69, 9.17) is 0 Å². The first-order valence-electron chi connectivity index (χ1n) is 9.06. The molecule has 4 rings (SSSR count). The fourth-order valence-electron chi connectivity index (χ4n) is 2.75. The average molecular weight is 405 g/mol. The summed E-state index contributed by atoms with van der Waals surface area (Å²) < 4.78 is 2.34. The normalized spacial score (nSPS) is 11.0. The standard InChI is InChI=1S/C21H19N5O2S/c1-14-3-7-16(8-4-14)22-19(27)13-25-21(28)26-18(23-25)11-12-20(24-26)29-17-9-5-15(2)6-10-17/h3-12H,13H2,1-2H3,(H,22,27). The van der Waals surface area contributed by atoms with Crippen molar-refractivity contribution in [2.75, 3.05) is 5.32 Å². The van der Waals surface area contributed by atoms with Crippen molar-refractivity contribution in [2.24, 2.45) is 0 Å². The predicted molar refractivity (Wildman–Crippen MR) is 112 cm³/mol. The van der Waals surface area contributed by atoms with Crippen LogP contribution in [0.4, 0.5) is 5.69 Å². The van der Waals surface area contributed by atoms with Crippen molar-refractivity contribution >= 4 is 29.0 Å². The van der Waals surface area contributed by atoms with Gasteiger partial charge in [-0.2, -0.15) is 9.61 Å². The molecule has 29 heavy (non-hydrogen) atoms. The number of benzene rings is 2. The van der Waals surface area contributed by atoms with Crippen molar-refractivity contribution in [1.29, 1.82) is 0 Å². The summed E-state index contributed by atoms with van der Waals surface area (Å²) in [5.41, 5.74) is 2.90. The maximum absolute atomic E-state index is 12.6. The van der Waals surface area contributed by atoms with Gasteiger partial charge in [0.05, 0.1) is 0 Å². The minimum Gasteiger partial charge on any atom is -0.324 e. The van der Waals surface area contributed by atoms with Crippen LogP contribution in [0.3, 0.4) is 0 Å². The molecule has 2 aromatic heterocycles. The molecule has 8 heteroatoms. The van der Waals surface area contributed by atoms with Crippen molar-refractivity contribution in [3.8, 4) is 0 Å². The van der Waals surface area contributed by atoms with Crippen LogP contribution in [0, 0.1) is 13.8 Å². The average Bonchev–Trinajstić information content (AvgIpc) is 3.01. The molecule has 0 spiro atoms. The summed E-state index contributed by atoms with van der Waals surface area (Å²) in [4.78, 5) is 25.9. The van der Waals surface area contributed by atoms with Gasteiger partial charge < -0.3 is 5.32 Å². The summed E-state index contributed by atoms with van der Waals surface area (Å²) in [6.07, 6.45) is 0. The lowest BCUT2D eigenvalue weighted by Gasteiger charge is -2.04. The van der Waals surface area contributed by atoms with Crippen molar-refractivity contribution in [3.63, 3.8) is 0 Å². The van der Waals surface area contributed by atoms with Gasteiger partial charge in [0.2, 0.25) is 5.91 Å². The Morgan fingerprint density at radius 2 is 1.59 bits per heavy atom. The molecular formula is C21H19N5O2S. The number of anilines is 1. The van der Waals surface area contributed by atoms with Gasteiger partial charge in [-0.15, -0.1) is 5.10 Å². The van der Waals surface area contributed by atoms with Gasteiger partial charge in [0.15, 0.2) is 5.65 Å². The lowest BCUT2D eigenvalue weighted by Crippen LogP contribution is -2.28.